The van der Waals surface area contributed by atoms with Crippen molar-refractivity contribution in [3.05, 3.63) is 13.0 Å². The van der Waals surface area contributed by atoms with Crippen molar-refractivity contribution >= 4 is 0 Å². The van der Waals surface area contributed by atoms with Gasteiger partial charge in [-0.25, -0.2) is 0 Å². The van der Waals surface area contributed by atoms with E-state index >= 15 is 0 Å². The summed E-state index contributed by atoms with van der Waals surface area (Å²) in [7, 11) is 0. The van der Waals surface area contributed by atoms with Crippen LogP contribution in [-0.2, 0) is 4.74 Å². The van der Waals surface area contributed by atoms with E-state index in [1.807, 2.05) is 0 Å². The first-order valence-corrected chi connectivity index (χ1v) is 6.41. The third-order valence-electron chi connectivity index (χ3n) is 3.26. The third kappa shape index (κ3) is 5.55. The van der Waals surface area contributed by atoms with Crippen molar-refractivity contribution < 1.29 is 4.74 Å². The van der Waals surface area contributed by atoms with Crippen molar-refractivity contribution in [1.82, 2.24) is 0 Å². The fraction of sp³-hybridized carbons (Fsp3) is 0.857. The van der Waals surface area contributed by atoms with Crippen LogP contribution in [-0.4, -0.2) is 6.61 Å². The van der Waals surface area contributed by atoms with Crippen LogP contribution in [0.15, 0.2) is 0 Å². The van der Waals surface area contributed by atoms with Crippen LogP contribution in [0, 0.1) is 18.4 Å². The molecule has 0 spiro atoms. The number of hydrogen-bond acceptors (Lipinski definition) is 1. The average Bonchev–Trinajstić information content (AvgIpc) is 2.31. The highest BCUT2D eigenvalue weighted by molar-refractivity contribution is 4.87. The molecule has 1 saturated heterocycles. The van der Waals surface area contributed by atoms with E-state index in [1.54, 1.807) is 0 Å². The molecule has 0 N–H and O–H groups in total. The lowest BCUT2D eigenvalue weighted by molar-refractivity contribution is 0.0992. The van der Waals surface area contributed by atoms with Gasteiger partial charge in [-0.2, -0.15) is 0 Å². The summed E-state index contributed by atoms with van der Waals surface area (Å²) < 4.78 is 5.89. The second-order valence-corrected chi connectivity index (χ2v) is 5.50. The van der Waals surface area contributed by atoms with Gasteiger partial charge in [0.2, 0.25) is 0 Å². The zero-order valence-electron chi connectivity index (χ0n) is 10.5. The second-order valence-electron chi connectivity index (χ2n) is 5.50. The van der Waals surface area contributed by atoms with Crippen LogP contribution in [0.25, 0.3) is 0 Å². The van der Waals surface area contributed by atoms with E-state index in [0.29, 0.717) is 5.41 Å². The predicted molar refractivity (Wildman–Crippen MR) is 65.3 cm³/mol. The van der Waals surface area contributed by atoms with Crippen molar-refractivity contribution in [3.8, 4) is 0 Å². The first kappa shape index (κ1) is 13.0. The Kier molecular flexibility index (Phi) is 5.66. The summed E-state index contributed by atoms with van der Waals surface area (Å²) in [6.07, 6.45) is 11.2. The molecule has 0 unspecified atom stereocenters. The van der Waals surface area contributed by atoms with E-state index in [2.05, 4.69) is 20.8 Å². The van der Waals surface area contributed by atoms with Gasteiger partial charge in [0.1, 0.15) is 0 Å². The summed E-state index contributed by atoms with van der Waals surface area (Å²) in [4.78, 5) is 0. The highest BCUT2D eigenvalue weighted by Gasteiger charge is 2.23. The van der Waals surface area contributed by atoms with E-state index in [0.717, 1.165) is 19.4 Å². The molecule has 0 aromatic carbocycles. The Morgan fingerprint density at radius 2 is 1.80 bits per heavy atom. The van der Waals surface area contributed by atoms with Crippen molar-refractivity contribution in [3.63, 3.8) is 0 Å². The Morgan fingerprint density at radius 1 is 1.13 bits per heavy atom. The van der Waals surface area contributed by atoms with Gasteiger partial charge >= 0.3 is 0 Å². The maximum Gasteiger partial charge on any atom is 0.0976 e. The Hall–Kier alpha value is -0.0400. The summed E-state index contributed by atoms with van der Waals surface area (Å²) in [5.41, 5.74) is 0.309. The van der Waals surface area contributed by atoms with E-state index in [-0.39, 0.29) is 0 Å². The SMILES string of the molecule is [CH2]CC(C)(C)C[C]1CCCCCCCO1. The molecule has 0 saturated carbocycles. The van der Waals surface area contributed by atoms with Gasteiger partial charge in [-0.05, 0) is 31.1 Å². The van der Waals surface area contributed by atoms with E-state index in [1.165, 1.54) is 44.6 Å². The Bertz CT molecular complexity index is 153. The Balaban J connectivity index is 2.36. The molecule has 0 amide bonds. The van der Waals surface area contributed by atoms with E-state index in [9.17, 15) is 0 Å². The molecule has 1 nitrogen and oxygen atoms in total. The van der Waals surface area contributed by atoms with Crippen molar-refractivity contribution in [1.29, 1.82) is 0 Å². The molecular weight excluding hydrogens is 184 g/mol. The van der Waals surface area contributed by atoms with Crippen LogP contribution in [0.1, 0.15) is 65.2 Å². The van der Waals surface area contributed by atoms with E-state index in [4.69, 9.17) is 4.74 Å². The number of ether oxygens (including phenoxy) is 1. The molecule has 1 aliphatic heterocycles. The molecule has 1 heterocycles. The Labute approximate surface area is 95.6 Å². The minimum Gasteiger partial charge on any atom is -0.372 e. The van der Waals surface area contributed by atoms with Gasteiger partial charge in [-0.3, -0.25) is 0 Å². The van der Waals surface area contributed by atoms with Crippen molar-refractivity contribution in [2.75, 3.05) is 6.61 Å². The van der Waals surface area contributed by atoms with Gasteiger partial charge in [0.15, 0.2) is 0 Å². The van der Waals surface area contributed by atoms with Crippen LogP contribution in [0.5, 0.6) is 0 Å². The molecule has 1 rings (SSSR count). The van der Waals surface area contributed by atoms with Gasteiger partial charge < -0.3 is 4.74 Å². The normalized spacial score (nSPS) is 21.8. The van der Waals surface area contributed by atoms with E-state index < -0.39 is 0 Å². The number of rotatable bonds is 3. The lowest BCUT2D eigenvalue weighted by Crippen LogP contribution is -2.17. The van der Waals surface area contributed by atoms with Crippen molar-refractivity contribution in [2.45, 2.75) is 65.2 Å². The summed E-state index contributed by atoms with van der Waals surface area (Å²) in [5, 5.41) is 0. The fourth-order valence-corrected chi connectivity index (χ4v) is 2.00. The summed E-state index contributed by atoms with van der Waals surface area (Å²) in [5.74, 6) is 0. The lowest BCUT2D eigenvalue weighted by atomic mass is 9.83. The molecule has 0 aliphatic carbocycles. The third-order valence-corrected chi connectivity index (χ3v) is 3.26. The first-order valence-electron chi connectivity index (χ1n) is 6.41. The largest absolute Gasteiger partial charge is 0.372 e. The quantitative estimate of drug-likeness (QED) is 0.665. The summed E-state index contributed by atoms with van der Waals surface area (Å²) in [6.45, 7) is 9.51. The molecule has 1 fully saturated rings. The summed E-state index contributed by atoms with van der Waals surface area (Å²) >= 11 is 0. The number of hydrogen-bond donors (Lipinski definition) is 0. The zero-order chi connectivity index (χ0) is 11.1. The van der Waals surface area contributed by atoms with Crippen LogP contribution in [0.4, 0.5) is 0 Å². The van der Waals surface area contributed by atoms with Crippen LogP contribution in [0.3, 0.4) is 0 Å². The molecule has 1 heteroatoms. The van der Waals surface area contributed by atoms with Gasteiger partial charge in [0, 0.05) is 6.61 Å². The Morgan fingerprint density at radius 3 is 2.53 bits per heavy atom. The molecule has 0 aromatic heterocycles. The maximum atomic E-state index is 5.89. The van der Waals surface area contributed by atoms with Crippen LogP contribution >= 0.6 is 0 Å². The van der Waals surface area contributed by atoms with Crippen LogP contribution < -0.4 is 0 Å². The van der Waals surface area contributed by atoms with Gasteiger partial charge in [-0.15, -0.1) is 0 Å². The second kappa shape index (κ2) is 6.52. The predicted octanol–water partition coefficient (Wildman–Crippen LogP) is 4.53. The van der Waals surface area contributed by atoms with Crippen molar-refractivity contribution in [2.24, 2.45) is 5.41 Å². The highest BCUT2D eigenvalue weighted by Crippen LogP contribution is 2.33. The summed E-state index contributed by atoms with van der Waals surface area (Å²) in [6, 6.07) is 0. The minimum atomic E-state index is 0.309. The molecule has 0 bridgehead atoms. The van der Waals surface area contributed by atoms with Gasteiger partial charge in [-0.1, -0.05) is 46.5 Å². The van der Waals surface area contributed by atoms with Crippen LogP contribution in [0.2, 0.25) is 0 Å². The molecule has 0 aromatic rings. The molecule has 0 atom stereocenters. The van der Waals surface area contributed by atoms with Gasteiger partial charge in [0.05, 0.1) is 6.10 Å². The highest BCUT2D eigenvalue weighted by atomic mass is 16.5. The minimum absolute atomic E-state index is 0.309. The molecule has 88 valence electrons. The lowest BCUT2D eigenvalue weighted by Gasteiger charge is -2.27. The zero-order valence-corrected chi connectivity index (χ0v) is 10.5. The topological polar surface area (TPSA) is 9.23 Å². The fourth-order valence-electron chi connectivity index (χ4n) is 2.00. The molecule has 15 heavy (non-hydrogen) atoms. The average molecular weight is 210 g/mol. The smallest absolute Gasteiger partial charge is 0.0976 e. The molecule has 1 aliphatic rings. The monoisotopic (exact) mass is 210 g/mol. The first-order chi connectivity index (χ1) is 7.14. The molecular formula is C14H26O. The van der Waals surface area contributed by atoms with Gasteiger partial charge in [0.25, 0.3) is 0 Å². The standard InChI is InChI=1S/C14H26O/c1-4-14(2,3)12-13-10-8-6-5-7-9-11-15-13/h1,4-12H2,2-3H3. The molecule has 2 radical (unpaired) electrons. The maximum absolute atomic E-state index is 5.89.